The van der Waals surface area contributed by atoms with Crippen LogP contribution in [0, 0.1) is 0 Å². The molecule has 0 unspecified atom stereocenters. The Morgan fingerprint density at radius 1 is 1.07 bits per heavy atom. The van der Waals surface area contributed by atoms with Gasteiger partial charge in [-0.25, -0.2) is 0 Å². The van der Waals surface area contributed by atoms with Crippen molar-refractivity contribution < 1.29 is 4.74 Å². The molecule has 0 amide bonds. The van der Waals surface area contributed by atoms with Crippen molar-refractivity contribution >= 4 is 5.96 Å². The molecule has 0 radical (unpaired) electrons. The molecule has 0 saturated heterocycles. The Kier molecular flexibility index (Phi) is 9.27. The van der Waals surface area contributed by atoms with Gasteiger partial charge in [0.2, 0.25) is 0 Å². The van der Waals surface area contributed by atoms with Gasteiger partial charge in [-0.2, -0.15) is 0 Å². The average molecular weight is 372 g/mol. The van der Waals surface area contributed by atoms with Crippen LogP contribution < -0.4 is 15.4 Å². The molecule has 27 heavy (non-hydrogen) atoms. The van der Waals surface area contributed by atoms with Crippen molar-refractivity contribution in [1.29, 1.82) is 0 Å². The second-order valence-corrected chi connectivity index (χ2v) is 6.29. The number of guanidine groups is 1. The first-order valence-electron chi connectivity index (χ1n) is 9.74. The third-order valence-corrected chi connectivity index (χ3v) is 4.51. The summed E-state index contributed by atoms with van der Waals surface area (Å²) >= 11 is 0. The van der Waals surface area contributed by atoms with Crippen LogP contribution in [0.4, 0.5) is 0 Å². The third-order valence-electron chi connectivity index (χ3n) is 4.51. The maximum absolute atomic E-state index is 5.83. The summed E-state index contributed by atoms with van der Waals surface area (Å²) < 4.78 is 7.97. The summed E-state index contributed by atoms with van der Waals surface area (Å²) in [6.45, 7) is 10.6. The van der Waals surface area contributed by atoms with Crippen LogP contribution in [-0.4, -0.2) is 55.3 Å². The molecule has 6 heteroatoms. The number of likely N-dealkylation sites (N-methyl/N-ethyl adjacent to an activating group) is 1. The zero-order chi connectivity index (χ0) is 19.3. The first kappa shape index (κ1) is 20.8. The van der Waals surface area contributed by atoms with Crippen LogP contribution in [-0.2, 0) is 13.1 Å². The number of benzene rings is 1. The van der Waals surface area contributed by atoms with Crippen LogP contribution in [0.15, 0.2) is 53.8 Å². The molecule has 0 bridgehead atoms. The fourth-order valence-corrected chi connectivity index (χ4v) is 2.76. The van der Waals surface area contributed by atoms with Gasteiger partial charge in [-0.1, -0.05) is 26.0 Å². The van der Waals surface area contributed by atoms with E-state index in [9.17, 15) is 0 Å². The van der Waals surface area contributed by atoms with E-state index in [1.807, 2.05) is 24.3 Å². The molecule has 0 aliphatic heterocycles. The molecular formula is C21H33N5O. The van der Waals surface area contributed by atoms with Crippen LogP contribution in [0.3, 0.4) is 0 Å². The lowest BCUT2D eigenvalue weighted by molar-refractivity contribution is 0.223. The summed E-state index contributed by atoms with van der Waals surface area (Å²) in [6, 6.07) is 12.3. The van der Waals surface area contributed by atoms with Gasteiger partial charge in [-0.3, -0.25) is 4.99 Å². The van der Waals surface area contributed by atoms with E-state index in [-0.39, 0.29) is 0 Å². The molecule has 0 aliphatic rings. The summed E-state index contributed by atoms with van der Waals surface area (Å²) in [5.74, 6) is 1.72. The number of ether oxygens (including phenoxy) is 1. The van der Waals surface area contributed by atoms with Crippen LogP contribution in [0.1, 0.15) is 19.4 Å². The van der Waals surface area contributed by atoms with Crippen LogP contribution in [0.5, 0.6) is 5.75 Å². The van der Waals surface area contributed by atoms with Crippen molar-refractivity contribution in [2.75, 3.05) is 39.8 Å². The van der Waals surface area contributed by atoms with Gasteiger partial charge in [0.1, 0.15) is 12.4 Å². The number of aromatic nitrogens is 1. The molecule has 6 nitrogen and oxygen atoms in total. The van der Waals surface area contributed by atoms with Crippen LogP contribution in [0.2, 0.25) is 0 Å². The van der Waals surface area contributed by atoms with Crippen molar-refractivity contribution in [3.8, 4) is 5.75 Å². The zero-order valence-corrected chi connectivity index (χ0v) is 16.8. The minimum Gasteiger partial charge on any atom is -0.492 e. The van der Waals surface area contributed by atoms with Gasteiger partial charge in [0.25, 0.3) is 0 Å². The van der Waals surface area contributed by atoms with Gasteiger partial charge in [0.15, 0.2) is 5.96 Å². The van der Waals surface area contributed by atoms with E-state index < -0.39 is 0 Å². The number of nitrogens with zero attached hydrogens (tertiary/aromatic N) is 3. The summed E-state index contributed by atoms with van der Waals surface area (Å²) in [7, 11) is 1.79. The van der Waals surface area contributed by atoms with E-state index in [0.717, 1.165) is 57.6 Å². The SMILES string of the molecule is CCN(CC)CCOc1ccc(CNC(=NC)NCCn2cccc2)cc1. The fourth-order valence-electron chi connectivity index (χ4n) is 2.76. The van der Waals surface area contributed by atoms with Crippen molar-refractivity contribution in [2.24, 2.45) is 4.99 Å². The largest absolute Gasteiger partial charge is 0.492 e. The van der Waals surface area contributed by atoms with Crippen molar-refractivity contribution in [1.82, 2.24) is 20.1 Å². The highest BCUT2D eigenvalue weighted by atomic mass is 16.5. The molecule has 0 fully saturated rings. The maximum atomic E-state index is 5.83. The number of hydrogen-bond donors (Lipinski definition) is 2. The second kappa shape index (κ2) is 12.0. The van der Waals surface area contributed by atoms with Gasteiger partial charge in [-0.15, -0.1) is 0 Å². The van der Waals surface area contributed by atoms with E-state index in [1.165, 1.54) is 5.56 Å². The highest BCUT2D eigenvalue weighted by Crippen LogP contribution is 2.12. The molecule has 0 aliphatic carbocycles. The third kappa shape index (κ3) is 7.74. The van der Waals surface area contributed by atoms with Gasteiger partial charge in [0, 0.05) is 45.6 Å². The van der Waals surface area contributed by atoms with E-state index in [2.05, 4.69) is 63.5 Å². The maximum Gasteiger partial charge on any atom is 0.191 e. The van der Waals surface area contributed by atoms with Crippen LogP contribution >= 0.6 is 0 Å². The summed E-state index contributed by atoms with van der Waals surface area (Å²) in [4.78, 5) is 6.62. The van der Waals surface area contributed by atoms with Gasteiger partial charge in [0.05, 0.1) is 0 Å². The smallest absolute Gasteiger partial charge is 0.191 e. The minimum absolute atomic E-state index is 0.719. The number of hydrogen-bond acceptors (Lipinski definition) is 3. The Morgan fingerprint density at radius 2 is 1.78 bits per heavy atom. The molecule has 0 saturated carbocycles. The predicted molar refractivity (Wildman–Crippen MR) is 112 cm³/mol. The quantitative estimate of drug-likeness (QED) is 0.471. The monoisotopic (exact) mass is 371 g/mol. The lowest BCUT2D eigenvalue weighted by Gasteiger charge is -2.18. The van der Waals surface area contributed by atoms with Crippen molar-refractivity contribution in [2.45, 2.75) is 26.9 Å². The summed E-state index contributed by atoms with van der Waals surface area (Å²) in [6.07, 6.45) is 4.12. The first-order valence-corrected chi connectivity index (χ1v) is 9.74. The molecule has 2 rings (SSSR count). The molecule has 148 valence electrons. The van der Waals surface area contributed by atoms with Gasteiger partial charge in [-0.05, 0) is 42.9 Å². The first-order chi connectivity index (χ1) is 13.2. The van der Waals surface area contributed by atoms with Gasteiger partial charge < -0.3 is 24.8 Å². The van der Waals surface area contributed by atoms with Gasteiger partial charge >= 0.3 is 0 Å². The van der Waals surface area contributed by atoms with Crippen molar-refractivity contribution in [3.63, 3.8) is 0 Å². The molecular weight excluding hydrogens is 338 g/mol. The van der Waals surface area contributed by atoms with E-state index in [0.29, 0.717) is 0 Å². The summed E-state index contributed by atoms with van der Waals surface area (Å²) in [5, 5.41) is 6.67. The lowest BCUT2D eigenvalue weighted by atomic mass is 10.2. The van der Waals surface area contributed by atoms with Crippen LogP contribution in [0.25, 0.3) is 0 Å². The second-order valence-electron chi connectivity index (χ2n) is 6.29. The molecule has 1 aromatic heterocycles. The molecule has 1 aromatic carbocycles. The lowest BCUT2D eigenvalue weighted by Crippen LogP contribution is -2.38. The highest BCUT2D eigenvalue weighted by Gasteiger charge is 2.01. The predicted octanol–water partition coefficient (Wildman–Crippen LogP) is 2.57. The average Bonchev–Trinajstić information content (AvgIpc) is 3.22. The number of rotatable bonds is 11. The molecule has 2 aromatic rings. The van der Waals surface area contributed by atoms with Crippen molar-refractivity contribution in [3.05, 3.63) is 54.4 Å². The molecule has 2 N–H and O–H groups in total. The Morgan fingerprint density at radius 3 is 2.41 bits per heavy atom. The Hall–Kier alpha value is -2.47. The Bertz CT molecular complexity index is 648. The molecule has 0 atom stereocenters. The Balaban J connectivity index is 1.68. The van der Waals surface area contributed by atoms with E-state index >= 15 is 0 Å². The molecule has 1 heterocycles. The van der Waals surface area contributed by atoms with E-state index in [1.54, 1.807) is 7.05 Å². The fraction of sp³-hybridized carbons (Fsp3) is 0.476. The van der Waals surface area contributed by atoms with E-state index in [4.69, 9.17) is 4.74 Å². The standard InChI is InChI=1S/C21H33N5O/c1-4-25(5-2)16-17-27-20-10-8-19(9-11-20)18-24-21(22-3)23-12-15-26-13-6-7-14-26/h6-11,13-14H,4-5,12,15-18H2,1-3H3,(H2,22,23,24). The molecule has 0 spiro atoms. The highest BCUT2D eigenvalue weighted by molar-refractivity contribution is 5.79. The normalized spacial score (nSPS) is 11.6. The minimum atomic E-state index is 0.719. The zero-order valence-electron chi connectivity index (χ0n) is 16.8. The Labute approximate surface area is 163 Å². The number of aliphatic imine (C=N–C) groups is 1. The topological polar surface area (TPSA) is 53.8 Å². The number of nitrogens with one attached hydrogen (secondary N) is 2. The summed E-state index contributed by atoms with van der Waals surface area (Å²) in [5.41, 5.74) is 1.19.